The van der Waals surface area contributed by atoms with Crippen LogP contribution in [0, 0.1) is 19.7 Å². The maximum Gasteiger partial charge on any atom is 0.246 e. The molecule has 0 atom stereocenters. The molecule has 0 saturated carbocycles. The van der Waals surface area contributed by atoms with Gasteiger partial charge in [0.25, 0.3) is 0 Å². The van der Waals surface area contributed by atoms with Gasteiger partial charge in [-0.05, 0) is 43.7 Å². The summed E-state index contributed by atoms with van der Waals surface area (Å²) in [7, 11) is -3.64. The lowest BCUT2D eigenvalue weighted by atomic mass is 10.2. The number of piperazine rings is 1. The Morgan fingerprint density at radius 3 is 2.20 bits per heavy atom. The SMILES string of the molecule is Cc1nn(-c2ccccc2)c(C)c1S(=O)(=O)N1CCN(Cc2ccc(F)cc2)CC1. The van der Waals surface area contributed by atoms with Crippen molar-refractivity contribution < 1.29 is 12.8 Å². The van der Waals surface area contributed by atoms with Gasteiger partial charge in [-0.25, -0.2) is 17.5 Å². The number of rotatable bonds is 5. The molecule has 1 fully saturated rings. The molecule has 6 nitrogen and oxygen atoms in total. The van der Waals surface area contributed by atoms with Crippen molar-refractivity contribution in [3.63, 3.8) is 0 Å². The number of nitrogens with zero attached hydrogens (tertiary/aromatic N) is 4. The van der Waals surface area contributed by atoms with Gasteiger partial charge >= 0.3 is 0 Å². The van der Waals surface area contributed by atoms with Gasteiger partial charge in [-0.2, -0.15) is 9.40 Å². The van der Waals surface area contributed by atoms with Crippen LogP contribution in [-0.4, -0.2) is 53.6 Å². The summed E-state index contributed by atoms with van der Waals surface area (Å²) in [4.78, 5) is 2.48. The van der Waals surface area contributed by atoms with Crippen LogP contribution in [0.5, 0.6) is 0 Å². The predicted molar refractivity (Wildman–Crippen MR) is 113 cm³/mol. The maximum absolute atomic E-state index is 13.4. The Kier molecular flexibility index (Phi) is 5.73. The highest BCUT2D eigenvalue weighted by atomic mass is 32.2. The summed E-state index contributed by atoms with van der Waals surface area (Å²) in [5, 5.41) is 4.49. The van der Waals surface area contributed by atoms with E-state index in [-0.39, 0.29) is 5.82 Å². The van der Waals surface area contributed by atoms with Crippen LogP contribution < -0.4 is 0 Å². The van der Waals surface area contributed by atoms with Crippen molar-refractivity contribution in [3.8, 4) is 5.69 Å². The van der Waals surface area contributed by atoms with Crippen LogP contribution in [0.3, 0.4) is 0 Å². The van der Waals surface area contributed by atoms with Gasteiger partial charge in [-0.15, -0.1) is 0 Å². The zero-order valence-electron chi connectivity index (χ0n) is 17.1. The van der Waals surface area contributed by atoms with Crippen LogP contribution in [0.25, 0.3) is 5.69 Å². The zero-order chi connectivity index (χ0) is 21.3. The summed E-state index contributed by atoms with van der Waals surface area (Å²) in [6.45, 7) is 6.30. The molecule has 1 aromatic heterocycles. The van der Waals surface area contributed by atoms with Crippen molar-refractivity contribution in [1.82, 2.24) is 19.0 Å². The Bertz CT molecular complexity index is 1120. The van der Waals surface area contributed by atoms with Crippen LogP contribution in [0.1, 0.15) is 17.0 Å². The molecule has 0 aliphatic carbocycles. The van der Waals surface area contributed by atoms with E-state index in [2.05, 4.69) is 10.00 Å². The van der Waals surface area contributed by atoms with Crippen molar-refractivity contribution in [2.75, 3.05) is 26.2 Å². The summed E-state index contributed by atoms with van der Waals surface area (Å²) in [6, 6.07) is 16.0. The molecule has 1 aliphatic heterocycles. The molecule has 0 spiro atoms. The van der Waals surface area contributed by atoms with Gasteiger partial charge in [0, 0.05) is 32.7 Å². The van der Waals surface area contributed by atoms with Crippen molar-refractivity contribution in [2.24, 2.45) is 0 Å². The van der Waals surface area contributed by atoms with Crippen molar-refractivity contribution in [3.05, 3.63) is 77.4 Å². The van der Waals surface area contributed by atoms with Gasteiger partial charge in [0.2, 0.25) is 10.0 Å². The van der Waals surface area contributed by atoms with E-state index in [1.807, 2.05) is 30.3 Å². The third-order valence-corrected chi connectivity index (χ3v) is 7.63. The van der Waals surface area contributed by atoms with Crippen LogP contribution in [0.2, 0.25) is 0 Å². The van der Waals surface area contributed by atoms with E-state index in [0.717, 1.165) is 11.3 Å². The second-order valence-corrected chi connectivity index (χ2v) is 9.43. The Hall–Kier alpha value is -2.55. The molecular weight excluding hydrogens is 403 g/mol. The summed E-state index contributed by atoms with van der Waals surface area (Å²) < 4.78 is 43.1. The number of sulfonamides is 1. The average molecular weight is 429 g/mol. The lowest BCUT2D eigenvalue weighted by Crippen LogP contribution is -2.48. The lowest BCUT2D eigenvalue weighted by Gasteiger charge is -2.34. The highest BCUT2D eigenvalue weighted by molar-refractivity contribution is 7.89. The molecule has 1 saturated heterocycles. The van der Waals surface area contributed by atoms with E-state index in [0.29, 0.717) is 49.0 Å². The van der Waals surface area contributed by atoms with E-state index < -0.39 is 10.0 Å². The number of aryl methyl sites for hydroxylation is 1. The molecular formula is C22H25FN4O2S. The number of aromatic nitrogens is 2. The smallest absolute Gasteiger partial charge is 0.246 e. The van der Waals surface area contributed by atoms with Gasteiger partial charge < -0.3 is 0 Å². The Labute approximate surface area is 176 Å². The summed E-state index contributed by atoms with van der Waals surface area (Å²) >= 11 is 0. The van der Waals surface area contributed by atoms with E-state index in [1.165, 1.54) is 12.1 Å². The number of hydrogen-bond donors (Lipinski definition) is 0. The molecule has 0 unspecified atom stereocenters. The van der Waals surface area contributed by atoms with Gasteiger partial charge in [0.05, 0.1) is 17.1 Å². The Morgan fingerprint density at radius 1 is 0.933 bits per heavy atom. The molecule has 1 aliphatic rings. The van der Waals surface area contributed by atoms with Gasteiger partial charge in [-0.3, -0.25) is 4.90 Å². The third kappa shape index (κ3) is 4.03. The fraction of sp³-hybridized carbons (Fsp3) is 0.318. The first kappa shape index (κ1) is 20.7. The second-order valence-electron chi connectivity index (χ2n) is 7.55. The second kappa shape index (κ2) is 8.29. The van der Waals surface area contributed by atoms with Crippen molar-refractivity contribution >= 4 is 10.0 Å². The fourth-order valence-corrected chi connectivity index (χ4v) is 5.70. The first-order valence-electron chi connectivity index (χ1n) is 9.95. The molecule has 0 bridgehead atoms. The predicted octanol–water partition coefficient (Wildman–Crippen LogP) is 3.13. The van der Waals surface area contributed by atoms with Gasteiger partial charge in [-0.1, -0.05) is 30.3 Å². The largest absolute Gasteiger partial charge is 0.296 e. The highest BCUT2D eigenvalue weighted by Crippen LogP contribution is 2.26. The van der Waals surface area contributed by atoms with Crippen molar-refractivity contribution in [2.45, 2.75) is 25.3 Å². The lowest BCUT2D eigenvalue weighted by molar-refractivity contribution is 0.181. The molecule has 158 valence electrons. The minimum atomic E-state index is -3.64. The monoisotopic (exact) mass is 428 g/mol. The Balaban J connectivity index is 1.50. The average Bonchev–Trinajstić information content (AvgIpc) is 3.05. The molecule has 8 heteroatoms. The molecule has 0 amide bonds. The van der Waals surface area contributed by atoms with E-state index in [9.17, 15) is 12.8 Å². The molecule has 0 N–H and O–H groups in total. The summed E-state index contributed by atoms with van der Waals surface area (Å²) in [5.41, 5.74) is 2.98. The number of hydrogen-bond acceptors (Lipinski definition) is 4. The summed E-state index contributed by atoms with van der Waals surface area (Å²) in [5.74, 6) is -0.253. The number of para-hydroxylation sites is 1. The van der Waals surface area contributed by atoms with Crippen LogP contribution >= 0.6 is 0 Å². The van der Waals surface area contributed by atoms with E-state index in [1.54, 1.807) is 35.0 Å². The standard InChI is InChI=1S/C22H25FN4O2S/c1-17-22(18(2)27(24-17)21-6-4-3-5-7-21)30(28,29)26-14-12-25(13-15-26)16-19-8-10-20(23)11-9-19/h3-11H,12-16H2,1-2H3. The van der Waals surface area contributed by atoms with Crippen molar-refractivity contribution in [1.29, 1.82) is 0 Å². The fourth-order valence-electron chi connectivity index (χ4n) is 3.93. The third-order valence-electron chi connectivity index (χ3n) is 5.47. The number of halogens is 1. The van der Waals surface area contributed by atoms with Crippen LogP contribution in [-0.2, 0) is 16.6 Å². The minimum absolute atomic E-state index is 0.253. The topological polar surface area (TPSA) is 58.4 Å². The summed E-state index contributed by atoms with van der Waals surface area (Å²) in [6.07, 6.45) is 0. The van der Waals surface area contributed by atoms with E-state index in [4.69, 9.17) is 0 Å². The molecule has 0 radical (unpaired) electrons. The first-order valence-corrected chi connectivity index (χ1v) is 11.4. The zero-order valence-corrected chi connectivity index (χ0v) is 17.9. The number of benzene rings is 2. The Morgan fingerprint density at radius 2 is 1.57 bits per heavy atom. The first-order chi connectivity index (χ1) is 14.4. The highest BCUT2D eigenvalue weighted by Gasteiger charge is 2.33. The van der Waals surface area contributed by atoms with E-state index >= 15 is 0 Å². The quantitative estimate of drug-likeness (QED) is 0.627. The molecule has 3 aromatic rings. The van der Waals surface area contributed by atoms with Gasteiger partial charge in [0.15, 0.2) is 0 Å². The van der Waals surface area contributed by atoms with Crippen LogP contribution in [0.15, 0.2) is 59.5 Å². The molecule has 2 aromatic carbocycles. The molecule has 2 heterocycles. The molecule has 30 heavy (non-hydrogen) atoms. The minimum Gasteiger partial charge on any atom is -0.296 e. The normalized spacial score (nSPS) is 16.1. The van der Waals surface area contributed by atoms with Gasteiger partial charge in [0.1, 0.15) is 10.7 Å². The molecule has 4 rings (SSSR count). The van der Waals surface area contributed by atoms with Crippen LogP contribution in [0.4, 0.5) is 4.39 Å². The maximum atomic E-state index is 13.4.